The molecule has 0 bridgehead atoms. The lowest BCUT2D eigenvalue weighted by Crippen LogP contribution is -2.17. The lowest BCUT2D eigenvalue weighted by atomic mass is 10.3. The smallest absolute Gasteiger partial charge is 0.411 e. The van der Waals surface area contributed by atoms with E-state index >= 15 is 0 Å². The third kappa shape index (κ3) is 4.10. The molecule has 0 aliphatic carbocycles. The van der Waals surface area contributed by atoms with Crippen LogP contribution in [0.2, 0.25) is 0 Å². The highest BCUT2D eigenvalue weighted by Crippen LogP contribution is 2.24. The highest BCUT2D eigenvalue weighted by atomic mass is 79.9. The summed E-state index contributed by atoms with van der Waals surface area (Å²) in [5.41, 5.74) is 0.622. The SMILES string of the molecule is COc1cc(Br)cc(NC(=O)OC(C)C)c1. The number of hydrogen-bond donors (Lipinski definition) is 1. The Morgan fingerprint density at radius 2 is 2.06 bits per heavy atom. The molecule has 0 heterocycles. The zero-order valence-electron chi connectivity index (χ0n) is 9.41. The summed E-state index contributed by atoms with van der Waals surface area (Å²) >= 11 is 3.32. The molecule has 5 heteroatoms. The highest BCUT2D eigenvalue weighted by molar-refractivity contribution is 9.10. The average molecular weight is 288 g/mol. The summed E-state index contributed by atoms with van der Waals surface area (Å²) in [5, 5.41) is 2.62. The van der Waals surface area contributed by atoms with Gasteiger partial charge >= 0.3 is 6.09 Å². The van der Waals surface area contributed by atoms with E-state index in [1.54, 1.807) is 39.2 Å². The van der Waals surface area contributed by atoms with Crippen molar-refractivity contribution in [3.63, 3.8) is 0 Å². The van der Waals surface area contributed by atoms with Crippen LogP contribution in [0.5, 0.6) is 5.75 Å². The predicted molar refractivity (Wildman–Crippen MR) is 65.9 cm³/mol. The molecule has 0 saturated heterocycles. The largest absolute Gasteiger partial charge is 0.497 e. The second-order valence-corrected chi connectivity index (χ2v) is 4.37. The molecular formula is C11H14BrNO3. The van der Waals surface area contributed by atoms with Crippen LogP contribution in [0.3, 0.4) is 0 Å². The third-order valence-electron chi connectivity index (χ3n) is 1.70. The summed E-state index contributed by atoms with van der Waals surface area (Å²) in [6.07, 6.45) is -0.621. The van der Waals surface area contributed by atoms with Gasteiger partial charge in [0.05, 0.1) is 13.2 Å². The molecular weight excluding hydrogens is 274 g/mol. The van der Waals surface area contributed by atoms with Crippen LogP contribution in [-0.2, 0) is 4.74 Å². The van der Waals surface area contributed by atoms with Gasteiger partial charge in [-0.1, -0.05) is 15.9 Å². The van der Waals surface area contributed by atoms with E-state index in [0.29, 0.717) is 11.4 Å². The Morgan fingerprint density at radius 3 is 2.62 bits per heavy atom. The lowest BCUT2D eigenvalue weighted by Gasteiger charge is -2.10. The van der Waals surface area contributed by atoms with Crippen LogP contribution in [0, 0.1) is 0 Å². The van der Waals surface area contributed by atoms with E-state index < -0.39 is 6.09 Å². The van der Waals surface area contributed by atoms with Gasteiger partial charge in [-0.05, 0) is 26.0 Å². The van der Waals surface area contributed by atoms with Gasteiger partial charge in [0.2, 0.25) is 0 Å². The molecule has 0 spiro atoms. The Hall–Kier alpha value is -1.23. The number of methoxy groups -OCH3 is 1. The fourth-order valence-electron chi connectivity index (χ4n) is 1.11. The number of ether oxygens (including phenoxy) is 2. The van der Waals surface area contributed by atoms with E-state index in [2.05, 4.69) is 21.2 Å². The van der Waals surface area contributed by atoms with Crippen molar-refractivity contribution in [2.75, 3.05) is 12.4 Å². The third-order valence-corrected chi connectivity index (χ3v) is 2.15. The molecule has 4 nitrogen and oxygen atoms in total. The molecule has 0 atom stereocenters. The van der Waals surface area contributed by atoms with Gasteiger partial charge in [-0.15, -0.1) is 0 Å². The van der Waals surface area contributed by atoms with Crippen molar-refractivity contribution < 1.29 is 14.3 Å². The van der Waals surface area contributed by atoms with Crippen LogP contribution < -0.4 is 10.1 Å². The van der Waals surface area contributed by atoms with Crippen LogP contribution in [0.4, 0.5) is 10.5 Å². The van der Waals surface area contributed by atoms with E-state index in [1.807, 2.05) is 0 Å². The van der Waals surface area contributed by atoms with E-state index in [1.165, 1.54) is 0 Å². The maximum atomic E-state index is 11.3. The molecule has 1 rings (SSSR count). The van der Waals surface area contributed by atoms with E-state index in [4.69, 9.17) is 9.47 Å². The number of rotatable bonds is 3. The van der Waals surface area contributed by atoms with E-state index in [0.717, 1.165) is 4.47 Å². The Labute approximate surface area is 103 Å². The number of anilines is 1. The second-order valence-electron chi connectivity index (χ2n) is 3.46. The summed E-state index contributed by atoms with van der Waals surface area (Å²) in [5.74, 6) is 0.661. The minimum atomic E-state index is -0.477. The molecule has 0 aromatic heterocycles. The van der Waals surface area contributed by atoms with Gasteiger partial charge in [-0.25, -0.2) is 4.79 Å². The Balaban J connectivity index is 2.73. The summed E-state index contributed by atoms with van der Waals surface area (Å²) in [7, 11) is 1.57. The number of amides is 1. The Morgan fingerprint density at radius 1 is 1.38 bits per heavy atom. The Bertz CT molecular complexity index is 379. The molecule has 0 aliphatic heterocycles. The molecule has 0 aliphatic rings. The Kier molecular flexibility index (Phi) is 4.61. The lowest BCUT2D eigenvalue weighted by molar-refractivity contribution is 0.130. The van der Waals surface area contributed by atoms with Gasteiger partial charge in [-0.2, -0.15) is 0 Å². The van der Waals surface area contributed by atoms with Crippen LogP contribution in [0.1, 0.15) is 13.8 Å². The first-order chi connectivity index (χ1) is 7.51. The van der Waals surface area contributed by atoms with Crippen LogP contribution in [0.25, 0.3) is 0 Å². The van der Waals surface area contributed by atoms with Crippen molar-refractivity contribution >= 4 is 27.7 Å². The van der Waals surface area contributed by atoms with Gasteiger partial charge in [0.1, 0.15) is 5.75 Å². The van der Waals surface area contributed by atoms with Crippen LogP contribution >= 0.6 is 15.9 Å². The quantitative estimate of drug-likeness (QED) is 0.927. The van der Waals surface area contributed by atoms with Crippen LogP contribution in [-0.4, -0.2) is 19.3 Å². The summed E-state index contributed by atoms with van der Waals surface area (Å²) in [4.78, 5) is 11.3. The van der Waals surface area contributed by atoms with Gasteiger partial charge in [-0.3, -0.25) is 5.32 Å². The normalized spacial score (nSPS) is 10.1. The maximum Gasteiger partial charge on any atom is 0.411 e. The predicted octanol–water partition coefficient (Wildman–Crippen LogP) is 3.41. The molecule has 1 N–H and O–H groups in total. The number of carbonyl (C=O) groups excluding carboxylic acids is 1. The highest BCUT2D eigenvalue weighted by Gasteiger charge is 2.07. The first-order valence-corrected chi connectivity index (χ1v) is 5.63. The topological polar surface area (TPSA) is 47.6 Å². The molecule has 0 unspecified atom stereocenters. The fourth-order valence-corrected chi connectivity index (χ4v) is 1.59. The first-order valence-electron chi connectivity index (χ1n) is 4.83. The molecule has 1 aromatic rings. The zero-order valence-corrected chi connectivity index (χ0v) is 11.0. The first kappa shape index (κ1) is 12.8. The molecule has 0 fully saturated rings. The van der Waals surface area contributed by atoms with Crippen molar-refractivity contribution in [1.29, 1.82) is 0 Å². The number of benzene rings is 1. The summed E-state index contributed by atoms with van der Waals surface area (Å²) < 4.78 is 10.9. The van der Waals surface area contributed by atoms with Crippen molar-refractivity contribution in [2.45, 2.75) is 20.0 Å². The number of carbonyl (C=O) groups is 1. The van der Waals surface area contributed by atoms with Crippen molar-refractivity contribution in [3.8, 4) is 5.75 Å². The second kappa shape index (κ2) is 5.75. The van der Waals surface area contributed by atoms with Gasteiger partial charge in [0.15, 0.2) is 0 Å². The number of nitrogens with one attached hydrogen (secondary N) is 1. The molecule has 16 heavy (non-hydrogen) atoms. The van der Waals surface area contributed by atoms with Crippen molar-refractivity contribution in [1.82, 2.24) is 0 Å². The molecule has 1 amide bonds. The number of hydrogen-bond acceptors (Lipinski definition) is 3. The minimum absolute atomic E-state index is 0.144. The molecule has 0 saturated carbocycles. The van der Waals surface area contributed by atoms with Gasteiger partial charge in [0, 0.05) is 16.2 Å². The zero-order chi connectivity index (χ0) is 12.1. The molecule has 88 valence electrons. The molecule has 0 radical (unpaired) electrons. The van der Waals surface area contributed by atoms with Crippen molar-refractivity contribution in [2.24, 2.45) is 0 Å². The molecule has 1 aromatic carbocycles. The number of halogens is 1. The average Bonchev–Trinajstić information content (AvgIpc) is 2.14. The maximum absolute atomic E-state index is 11.3. The van der Waals surface area contributed by atoms with E-state index in [-0.39, 0.29) is 6.10 Å². The summed E-state index contributed by atoms with van der Waals surface area (Å²) in [6.45, 7) is 3.59. The van der Waals surface area contributed by atoms with Gasteiger partial charge < -0.3 is 9.47 Å². The van der Waals surface area contributed by atoms with Crippen molar-refractivity contribution in [3.05, 3.63) is 22.7 Å². The minimum Gasteiger partial charge on any atom is -0.497 e. The fraction of sp³-hybridized carbons (Fsp3) is 0.364. The van der Waals surface area contributed by atoms with Gasteiger partial charge in [0.25, 0.3) is 0 Å². The standard InChI is InChI=1S/C11H14BrNO3/c1-7(2)16-11(14)13-9-4-8(12)5-10(6-9)15-3/h4-7H,1-3H3,(H,13,14). The van der Waals surface area contributed by atoms with E-state index in [9.17, 15) is 4.79 Å². The monoisotopic (exact) mass is 287 g/mol. The van der Waals surface area contributed by atoms with Crippen LogP contribution in [0.15, 0.2) is 22.7 Å². The summed E-state index contributed by atoms with van der Waals surface area (Å²) in [6, 6.07) is 5.29.